The lowest BCUT2D eigenvalue weighted by atomic mass is 10.1. The molecule has 7 nitrogen and oxygen atoms in total. The van der Waals surface area contributed by atoms with Crippen molar-refractivity contribution in [1.29, 1.82) is 0 Å². The minimum atomic E-state index is -0.457. The number of carbonyl (C=O) groups is 2. The minimum absolute atomic E-state index is 0.174. The van der Waals surface area contributed by atoms with Gasteiger partial charge in [-0.15, -0.1) is 6.58 Å². The number of hydrogen-bond acceptors (Lipinski definition) is 6. The van der Waals surface area contributed by atoms with E-state index in [-0.39, 0.29) is 19.8 Å². The predicted octanol–water partition coefficient (Wildman–Crippen LogP) is 2.89. The molecule has 152 valence electrons. The average molecular weight is 396 g/mol. The van der Waals surface area contributed by atoms with E-state index in [1.165, 1.54) is 6.21 Å². The molecule has 0 radical (unpaired) electrons. The van der Waals surface area contributed by atoms with Crippen LogP contribution in [-0.4, -0.2) is 37.9 Å². The number of para-hydroxylation sites is 2. The average Bonchev–Trinajstić information content (AvgIpc) is 2.73. The van der Waals surface area contributed by atoms with E-state index in [0.29, 0.717) is 23.5 Å². The monoisotopic (exact) mass is 396 g/mol. The number of amides is 1. The Bertz CT molecular complexity index is 864. The Morgan fingerprint density at radius 1 is 1.03 bits per heavy atom. The fourth-order valence-corrected chi connectivity index (χ4v) is 2.38. The van der Waals surface area contributed by atoms with Gasteiger partial charge in [-0.05, 0) is 37.1 Å². The third-order valence-corrected chi connectivity index (χ3v) is 3.66. The number of benzene rings is 2. The van der Waals surface area contributed by atoms with E-state index in [1.807, 2.05) is 18.2 Å². The molecule has 0 aromatic heterocycles. The van der Waals surface area contributed by atoms with Crippen LogP contribution in [0.2, 0.25) is 0 Å². The number of carbonyl (C=O) groups excluding carboxylic acids is 2. The van der Waals surface area contributed by atoms with Crippen LogP contribution < -0.4 is 14.9 Å². The van der Waals surface area contributed by atoms with Crippen molar-refractivity contribution in [3.63, 3.8) is 0 Å². The summed E-state index contributed by atoms with van der Waals surface area (Å²) >= 11 is 0. The Kier molecular flexibility index (Phi) is 8.95. The first-order valence-corrected chi connectivity index (χ1v) is 9.15. The molecule has 0 saturated carbocycles. The van der Waals surface area contributed by atoms with Crippen molar-refractivity contribution in [3.05, 3.63) is 72.3 Å². The van der Waals surface area contributed by atoms with Crippen molar-refractivity contribution in [1.82, 2.24) is 5.43 Å². The van der Waals surface area contributed by atoms with Gasteiger partial charge in [-0.3, -0.25) is 4.79 Å². The molecule has 0 aliphatic carbocycles. The fraction of sp³-hybridized carbons (Fsp3) is 0.227. The first-order valence-electron chi connectivity index (χ1n) is 9.15. The molecular weight excluding hydrogens is 372 g/mol. The van der Waals surface area contributed by atoms with E-state index in [4.69, 9.17) is 14.2 Å². The summed E-state index contributed by atoms with van der Waals surface area (Å²) in [4.78, 5) is 23.4. The van der Waals surface area contributed by atoms with E-state index in [1.54, 1.807) is 43.3 Å². The second kappa shape index (κ2) is 12.0. The highest BCUT2D eigenvalue weighted by Gasteiger charge is 2.07. The third-order valence-electron chi connectivity index (χ3n) is 3.66. The molecule has 0 aliphatic heterocycles. The fourth-order valence-electron chi connectivity index (χ4n) is 2.38. The summed E-state index contributed by atoms with van der Waals surface area (Å²) in [5, 5.41) is 3.92. The molecule has 0 aliphatic rings. The van der Waals surface area contributed by atoms with Crippen LogP contribution in [0.15, 0.2) is 66.3 Å². The number of esters is 1. The van der Waals surface area contributed by atoms with E-state index < -0.39 is 11.9 Å². The highest BCUT2D eigenvalue weighted by Crippen LogP contribution is 2.18. The van der Waals surface area contributed by atoms with Gasteiger partial charge in [-0.1, -0.05) is 36.4 Å². The standard InChI is InChI=1S/C22H24N2O5/c1-3-9-17-10-5-7-12-19(17)28-15-21(25)24-23-14-18-11-6-8-13-20(18)29-16-22(26)27-4-2/h3,5-8,10-14H,1,4,9,15-16H2,2H3,(H,24,25). The lowest BCUT2D eigenvalue weighted by Crippen LogP contribution is -2.24. The number of nitrogens with one attached hydrogen (secondary N) is 1. The molecule has 2 rings (SSSR count). The van der Waals surface area contributed by atoms with Crippen molar-refractivity contribution >= 4 is 18.1 Å². The molecule has 29 heavy (non-hydrogen) atoms. The maximum Gasteiger partial charge on any atom is 0.344 e. The maximum absolute atomic E-state index is 12.0. The zero-order valence-electron chi connectivity index (χ0n) is 16.3. The topological polar surface area (TPSA) is 86.2 Å². The van der Waals surface area contributed by atoms with Gasteiger partial charge in [0, 0.05) is 5.56 Å². The molecule has 0 heterocycles. The Morgan fingerprint density at radius 3 is 2.48 bits per heavy atom. The normalized spacial score (nSPS) is 10.4. The van der Waals surface area contributed by atoms with Gasteiger partial charge in [0.05, 0.1) is 12.8 Å². The summed E-state index contributed by atoms with van der Waals surface area (Å²) in [5.74, 6) is 0.221. The number of ether oxygens (including phenoxy) is 3. The van der Waals surface area contributed by atoms with E-state index in [9.17, 15) is 9.59 Å². The van der Waals surface area contributed by atoms with Crippen LogP contribution >= 0.6 is 0 Å². The summed E-state index contributed by atoms with van der Waals surface area (Å²) in [7, 11) is 0. The SMILES string of the molecule is C=CCc1ccccc1OCC(=O)NN=Cc1ccccc1OCC(=O)OCC. The van der Waals surface area contributed by atoms with Crippen molar-refractivity contribution in [2.75, 3.05) is 19.8 Å². The molecule has 0 saturated heterocycles. The molecule has 1 N–H and O–H groups in total. The first kappa shape index (κ1) is 21.7. The highest BCUT2D eigenvalue weighted by molar-refractivity contribution is 5.85. The van der Waals surface area contributed by atoms with Gasteiger partial charge in [0.15, 0.2) is 13.2 Å². The summed E-state index contributed by atoms with van der Waals surface area (Å²) in [6, 6.07) is 14.5. The molecule has 2 aromatic carbocycles. The Hall–Kier alpha value is -3.61. The summed E-state index contributed by atoms with van der Waals surface area (Å²) < 4.78 is 15.8. The number of hydrogen-bond donors (Lipinski definition) is 1. The van der Waals surface area contributed by atoms with Gasteiger partial charge in [-0.2, -0.15) is 5.10 Å². The van der Waals surface area contributed by atoms with Gasteiger partial charge in [0.25, 0.3) is 5.91 Å². The molecule has 1 amide bonds. The smallest absolute Gasteiger partial charge is 0.344 e. The zero-order chi connectivity index (χ0) is 20.9. The van der Waals surface area contributed by atoms with Crippen LogP contribution in [0, 0.1) is 0 Å². The van der Waals surface area contributed by atoms with E-state index in [2.05, 4.69) is 17.1 Å². The van der Waals surface area contributed by atoms with Crippen molar-refractivity contribution < 1.29 is 23.8 Å². The van der Waals surface area contributed by atoms with Crippen LogP contribution in [0.3, 0.4) is 0 Å². The second-order valence-electron chi connectivity index (χ2n) is 5.81. The Balaban J connectivity index is 1.87. The third kappa shape index (κ3) is 7.50. The Labute approximate surface area is 170 Å². The highest BCUT2D eigenvalue weighted by atomic mass is 16.6. The lowest BCUT2D eigenvalue weighted by molar-refractivity contribution is -0.145. The molecule has 0 unspecified atom stereocenters. The molecule has 0 bridgehead atoms. The summed E-state index contributed by atoms with van der Waals surface area (Å²) in [5.41, 5.74) is 3.96. The summed E-state index contributed by atoms with van der Waals surface area (Å²) in [6.45, 7) is 5.35. The van der Waals surface area contributed by atoms with Crippen molar-refractivity contribution in [2.45, 2.75) is 13.3 Å². The van der Waals surface area contributed by atoms with Gasteiger partial charge in [0.2, 0.25) is 0 Å². The molecule has 2 aromatic rings. The van der Waals surface area contributed by atoms with Gasteiger partial charge >= 0.3 is 5.97 Å². The van der Waals surface area contributed by atoms with Crippen LogP contribution in [0.4, 0.5) is 0 Å². The number of allylic oxidation sites excluding steroid dienone is 1. The van der Waals surface area contributed by atoms with Crippen molar-refractivity contribution in [2.24, 2.45) is 5.10 Å². The van der Waals surface area contributed by atoms with Crippen LogP contribution in [0.5, 0.6) is 11.5 Å². The molecule has 7 heteroatoms. The molecular formula is C22H24N2O5. The Morgan fingerprint density at radius 2 is 1.72 bits per heavy atom. The zero-order valence-corrected chi connectivity index (χ0v) is 16.3. The van der Waals surface area contributed by atoms with Crippen LogP contribution in [0.25, 0.3) is 0 Å². The predicted molar refractivity (Wildman–Crippen MR) is 110 cm³/mol. The minimum Gasteiger partial charge on any atom is -0.483 e. The van der Waals surface area contributed by atoms with Crippen LogP contribution in [-0.2, 0) is 20.7 Å². The maximum atomic E-state index is 12.0. The first-order chi connectivity index (χ1) is 14.1. The molecule has 0 atom stereocenters. The van der Waals surface area contributed by atoms with E-state index >= 15 is 0 Å². The second-order valence-corrected chi connectivity index (χ2v) is 5.81. The van der Waals surface area contributed by atoms with Crippen molar-refractivity contribution in [3.8, 4) is 11.5 Å². The quantitative estimate of drug-likeness (QED) is 0.273. The lowest BCUT2D eigenvalue weighted by Gasteiger charge is -2.09. The number of hydrazone groups is 1. The number of nitrogens with zero attached hydrogens (tertiary/aromatic N) is 1. The van der Waals surface area contributed by atoms with E-state index in [0.717, 1.165) is 5.56 Å². The van der Waals surface area contributed by atoms with Crippen LogP contribution in [0.1, 0.15) is 18.1 Å². The summed E-state index contributed by atoms with van der Waals surface area (Å²) in [6.07, 6.45) is 3.86. The number of rotatable bonds is 11. The van der Waals surface area contributed by atoms with Gasteiger partial charge in [-0.25, -0.2) is 10.2 Å². The molecule has 0 fully saturated rings. The molecule has 0 spiro atoms. The van der Waals surface area contributed by atoms with Gasteiger partial charge in [0.1, 0.15) is 11.5 Å². The van der Waals surface area contributed by atoms with Gasteiger partial charge < -0.3 is 14.2 Å². The largest absolute Gasteiger partial charge is 0.483 e.